The van der Waals surface area contributed by atoms with Crippen molar-refractivity contribution in [1.29, 1.82) is 0 Å². The zero-order chi connectivity index (χ0) is 12.9. The molecule has 0 aliphatic heterocycles. The van der Waals surface area contributed by atoms with Gasteiger partial charge < -0.3 is 0 Å². The monoisotopic (exact) mass is 278 g/mol. The number of benzene rings is 1. The third-order valence-corrected chi connectivity index (χ3v) is 4.14. The van der Waals surface area contributed by atoms with Crippen molar-refractivity contribution in [1.82, 2.24) is 0 Å². The zero-order valence-electron chi connectivity index (χ0n) is 9.54. The second-order valence-electron chi connectivity index (χ2n) is 3.23. The molecule has 0 aromatic heterocycles. The van der Waals surface area contributed by atoms with E-state index in [0.717, 1.165) is 28.4 Å². The molecule has 5 heteroatoms. The van der Waals surface area contributed by atoms with E-state index in [1.807, 2.05) is 18.2 Å². The summed E-state index contributed by atoms with van der Waals surface area (Å²) >= 11 is 2.00. The number of hydrogen-bond donors (Lipinski definition) is 0. The lowest BCUT2D eigenvalue weighted by Crippen LogP contribution is -2.10. The Bertz CT molecular complexity index is 382. The third kappa shape index (κ3) is 4.68. The van der Waals surface area contributed by atoms with Gasteiger partial charge in [-0.25, -0.2) is 0 Å². The van der Waals surface area contributed by atoms with Gasteiger partial charge in [-0.3, -0.25) is 0 Å². The van der Waals surface area contributed by atoms with E-state index in [9.17, 15) is 13.2 Å². The minimum absolute atomic E-state index is 0.301. The van der Waals surface area contributed by atoms with E-state index in [4.69, 9.17) is 0 Å². The Morgan fingerprint density at radius 3 is 2.24 bits per heavy atom. The van der Waals surface area contributed by atoms with Crippen molar-refractivity contribution in [2.45, 2.75) is 24.9 Å². The van der Waals surface area contributed by atoms with Crippen molar-refractivity contribution in [3.63, 3.8) is 0 Å². The molecule has 1 aromatic rings. The summed E-state index contributed by atoms with van der Waals surface area (Å²) < 4.78 is 38.3. The number of rotatable bonds is 4. The van der Waals surface area contributed by atoms with Crippen LogP contribution in [0.4, 0.5) is 13.2 Å². The summed E-state index contributed by atoms with van der Waals surface area (Å²) in [6, 6.07) is 9.08. The molecule has 0 nitrogen and oxygen atoms in total. The fraction of sp³-hybridized carbons (Fsp3) is 0.333. The minimum Gasteiger partial charge on any atom is -0.166 e. The van der Waals surface area contributed by atoms with Crippen LogP contribution in [0, 0.1) is 0 Å². The number of hydrogen-bond acceptors (Lipinski definition) is 2. The van der Waals surface area contributed by atoms with Crippen LogP contribution in [0.2, 0.25) is 0 Å². The zero-order valence-corrected chi connectivity index (χ0v) is 11.2. The first-order chi connectivity index (χ1) is 7.95. The summed E-state index contributed by atoms with van der Waals surface area (Å²) in [5, 5.41) is 0. The first-order valence-corrected chi connectivity index (χ1v) is 6.89. The molecular formula is C12H13F3S2. The highest BCUT2D eigenvalue weighted by atomic mass is 32.2. The summed E-state index contributed by atoms with van der Waals surface area (Å²) in [5.41, 5.74) is 0. The lowest BCUT2D eigenvalue weighted by atomic mass is 10.4. The highest BCUT2D eigenvalue weighted by Crippen LogP contribution is 2.41. The van der Waals surface area contributed by atoms with Crippen LogP contribution in [-0.2, 0) is 0 Å². The molecule has 0 fully saturated rings. The van der Waals surface area contributed by atoms with Crippen LogP contribution in [0.25, 0.3) is 0 Å². The van der Waals surface area contributed by atoms with E-state index < -0.39 is 11.1 Å². The molecule has 0 heterocycles. The van der Waals surface area contributed by atoms with Gasteiger partial charge >= 0.3 is 6.18 Å². The van der Waals surface area contributed by atoms with Gasteiger partial charge in [-0.15, -0.1) is 11.8 Å². The lowest BCUT2D eigenvalue weighted by molar-refractivity contribution is -0.0839. The quantitative estimate of drug-likeness (QED) is 0.683. The second-order valence-corrected chi connectivity index (χ2v) is 5.79. The van der Waals surface area contributed by atoms with E-state index in [2.05, 4.69) is 0 Å². The maximum absolute atomic E-state index is 12.8. The Labute approximate surface area is 108 Å². The molecule has 0 bridgehead atoms. The Morgan fingerprint density at radius 1 is 1.18 bits per heavy atom. The Hall–Kier alpha value is -0.550. The van der Waals surface area contributed by atoms with E-state index in [1.54, 1.807) is 19.1 Å². The van der Waals surface area contributed by atoms with Crippen LogP contribution >= 0.6 is 23.5 Å². The summed E-state index contributed by atoms with van der Waals surface area (Å²) in [6.45, 7) is 3.24. The molecule has 1 rings (SSSR count). The molecule has 0 spiro atoms. The SMILES string of the molecule is CCS/C(=C(\C)Sc1ccccc1)C(F)(F)F. The van der Waals surface area contributed by atoms with Crippen LogP contribution in [0.3, 0.4) is 0 Å². The molecule has 0 N–H and O–H groups in total. The Kier molecular flexibility index (Phi) is 5.46. The van der Waals surface area contributed by atoms with Crippen molar-refractivity contribution < 1.29 is 13.2 Å². The van der Waals surface area contributed by atoms with Gasteiger partial charge in [0.2, 0.25) is 0 Å². The van der Waals surface area contributed by atoms with Gasteiger partial charge in [0.15, 0.2) is 0 Å². The van der Waals surface area contributed by atoms with E-state index in [-0.39, 0.29) is 0 Å². The van der Waals surface area contributed by atoms with E-state index >= 15 is 0 Å². The van der Waals surface area contributed by atoms with Crippen molar-refractivity contribution in [3.8, 4) is 0 Å². The molecular weight excluding hydrogens is 265 g/mol. The van der Waals surface area contributed by atoms with Gasteiger partial charge in [0.1, 0.15) is 0 Å². The van der Waals surface area contributed by atoms with Gasteiger partial charge in [0, 0.05) is 9.80 Å². The third-order valence-electron chi connectivity index (χ3n) is 1.88. The van der Waals surface area contributed by atoms with Crippen molar-refractivity contribution in [2.75, 3.05) is 5.75 Å². The summed E-state index contributed by atoms with van der Waals surface area (Å²) in [6.07, 6.45) is -4.26. The molecule has 0 saturated carbocycles. The predicted molar refractivity (Wildman–Crippen MR) is 69.2 cm³/mol. The summed E-state index contributed by atoms with van der Waals surface area (Å²) in [5.74, 6) is 0.418. The molecule has 0 saturated heterocycles. The van der Waals surface area contributed by atoms with Crippen molar-refractivity contribution >= 4 is 23.5 Å². The number of allylic oxidation sites excluding steroid dienone is 2. The Balaban J connectivity index is 2.93. The number of thioether (sulfide) groups is 2. The van der Waals surface area contributed by atoms with Gasteiger partial charge in [-0.2, -0.15) is 13.2 Å². The van der Waals surface area contributed by atoms with E-state index in [0.29, 0.717) is 10.7 Å². The van der Waals surface area contributed by atoms with Crippen LogP contribution in [0.1, 0.15) is 13.8 Å². The van der Waals surface area contributed by atoms with Gasteiger partial charge in [-0.05, 0) is 24.8 Å². The maximum atomic E-state index is 12.8. The van der Waals surface area contributed by atoms with Crippen molar-refractivity contribution in [3.05, 3.63) is 40.1 Å². The van der Waals surface area contributed by atoms with Gasteiger partial charge in [0.05, 0.1) is 4.91 Å². The van der Waals surface area contributed by atoms with Crippen LogP contribution in [-0.4, -0.2) is 11.9 Å². The molecule has 17 heavy (non-hydrogen) atoms. The highest BCUT2D eigenvalue weighted by molar-refractivity contribution is 8.06. The normalized spacial score (nSPS) is 13.5. The fourth-order valence-corrected chi connectivity index (χ4v) is 3.05. The second kappa shape index (κ2) is 6.40. The van der Waals surface area contributed by atoms with Crippen LogP contribution in [0.5, 0.6) is 0 Å². The molecule has 0 unspecified atom stereocenters. The highest BCUT2D eigenvalue weighted by Gasteiger charge is 2.35. The first kappa shape index (κ1) is 14.5. The molecule has 1 aromatic carbocycles. The molecule has 0 radical (unpaired) electrons. The maximum Gasteiger partial charge on any atom is 0.423 e. The van der Waals surface area contributed by atoms with Crippen LogP contribution < -0.4 is 0 Å². The summed E-state index contributed by atoms with van der Waals surface area (Å²) in [7, 11) is 0. The largest absolute Gasteiger partial charge is 0.423 e. The Morgan fingerprint density at radius 2 is 1.76 bits per heavy atom. The fourth-order valence-electron chi connectivity index (χ4n) is 1.24. The standard InChI is InChI=1S/C12H13F3S2/c1-3-16-11(12(13,14)15)9(2)17-10-7-5-4-6-8-10/h4-8H,3H2,1-2H3/b11-9+. The smallest absolute Gasteiger partial charge is 0.166 e. The molecule has 0 aliphatic rings. The number of alkyl halides is 3. The predicted octanol–water partition coefficient (Wildman–Crippen LogP) is 5.33. The van der Waals surface area contributed by atoms with Crippen LogP contribution in [0.15, 0.2) is 45.0 Å². The average Bonchev–Trinajstić information content (AvgIpc) is 2.25. The molecule has 94 valence electrons. The molecule has 0 amide bonds. The lowest BCUT2D eigenvalue weighted by Gasteiger charge is -2.14. The topological polar surface area (TPSA) is 0 Å². The minimum atomic E-state index is -4.26. The molecule has 0 atom stereocenters. The molecule has 0 aliphatic carbocycles. The first-order valence-electron chi connectivity index (χ1n) is 5.09. The average molecular weight is 278 g/mol. The summed E-state index contributed by atoms with van der Waals surface area (Å²) in [4.78, 5) is 0.632. The van der Waals surface area contributed by atoms with Gasteiger partial charge in [0.25, 0.3) is 0 Å². The van der Waals surface area contributed by atoms with Crippen molar-refractivity contribution in [2.24, 2.45) is 0 Å². The van der Waals surface area contributed by atoms with E-state index in [1.165, 1.54) is 6.92 Å². The number of halogens is 3. The van der Waals surface area contributed by atoms with Gasteiger partial charge in [-0.1, -0.05) is 36.9 Å².